The van der Waals surface area contributed by atoms with Crippen LogP contribution in [0.2, 0.25) is 0 Å². The van der Waals surface area contributed by atoms with Gasteiger partial charge in [0.15, 0.2) is 0 Å². The second-order valence-electron chi connectivity index (χ2n) is 6.99. The minimum absolute atomic E-state index is 0.195. The fraction of sp³-hybridized carbons (Fsp3) is 0.0800. The molecule has 31 heavy (non-hydrogen) atoms. The molecule has 2 N–H and O–H groups in total. The molecule has 0 radical (unpaired) electrons. The number of ether oxygens (including phenoxy) is 1. The van der Waals surface area contributed by atoms with Gasteiger partial charge in [-0.05, 0) is 54.1 Å². The molecule has 1 aliphatic carbocycles. The molecule has 5 nitrogen and oxygen atoms in total. The lowest BCUT2D eigenvalue weighted by atomic mass is 10.0. The number of hydrogen-bond acceptors (Lipinski definition) is 5. The Bertz CT molecular complexity index is 1180. The number of benzene rings is 2. The highest BCUT2D eigenvalue weighted by Crippen LogP contribution is 2.27. The fourth-order valence-corrected chi connectivity index (χ4v) is 3.48. The molecule has 0 fully saturated rings. The van der Waals surface area contributed by atoms with Crippen LogP contribution in [0.15, 0.2) is 90.8 Å². The maximum atomic E-state index is 12.6. The summed E-state index contributed by atoms with van der Waals surface area (Å²) in [6.45, 7) is 0. The van der Waals surface area contributed by atoms with Crippen molar-refractivity contribution in [2.24, 2.45) is 0 Å². The van der Waals surface area contributed by atoms with Crippen LogP contribution in [0.3, 0.4) is 0 Å². The first-order valence-corrected chi connectivity index (χ1v) is 10.2. The molecule has 0 saturated carbocycles. The van der Waals surface area contributed by atoms with Gasteiger partial charge in [0.25, 0.3) is 5.91 Å². The smallest absolute Gasteiger partial charge is 0.256 e. The normalized spacial score (nSPS) is 12.8. The molecule has 1 heterocycles. The van der Waals surface area contributed by atoms with Crippen molar-refractivity contribution in [1.29, 1.82) is 0 Å². The Morgan fingerprint density at radius 1 is 1.00 bits per heavy atom. The predicted octanol–water partition coefficient (Wildman–Crippen LogP) is 5.70. The molecule has 4 rings (SSSR count). The second-order valence-corrected chi connectivity index (χ2v) is 7.48. The number of amides is 1. The Morgan fingerprint density at radius 2 is 1.81 bits per heavy atom. The Balaban J connectivity index is 1.51. The van der Waals surface area contributed by atoms with Gasteiger partial charge in [0.05, 0.1) is 24.6 Å². The van der Waals surface area contributed by atoms with Crippen LogP contribution in [-0.2, 0) is 4.79 Å². The van der Waals surface area contributed by atoms with Gasteiger partial charge >= 0.3 is 0 Å². The summed E-state index contributed by atoms with van der Waals surface area (Å²) in [7, 11) is 1.64. The molecule has 0 saturated heterocycles. The van der Waals surface area contributed by atoms with Crippen LogP contribution in [0.1, 0.15) is 6.42 Å². The number of pyridine rings is 1. The number of hydrogen-bond donors (Lipinski definition) is 2. The van der Waals surface area contributed by atoms with E-state index in [4.69, 9.17) is 17.0 Å². The third-order valence-corrected chi connectivity index (χ3v) is 5.20. The van der Waals surface area contributed by atoms with Gasteiger partial charge in [0, 0.05) is 34.4 Å². The van der Waals surface area contributed by atoms with Gasteiger partial charge in [-0.15, -0.1) is 0 Å². The average molecular weight is 428 g/mol. The molecule has 2 aromatic carbocycles. The van der Waals surface area contributed by atoms with E-state index in [-0.39, 0.29) is 5.91 Å². The quantitative estimate of drug-likeness (QED) is 0.495. The molecular formula is C25H21N3O2S. The highest BCUT2D eigenvalue weighted by Gasteiger charge is 2.15. The Labute approximate surface area is 186 Å². The van der Waals surface area contributed by atoms with Gasteiger partial charge < -0.3 is 15.4 Å². The van der Waals surface area contributed by atoms with Gasteiger partial charge in [-0.25, -0.2) is 0 Å². The Hall–Kier alpha value is -3.77. The SMILES string of the molecule is COc1ccc(Nc2cncc(-c3cccc(NC(=O)C4=CC=CCC4=S)c3)c2)cc1. The molecule has 1 aliphatic rings. The summed E-state index contributed by atoms with van der Waals surface area (Å²) in [6.07, 6.45) is 9.73. The first kappa shape index (κ1) is 20.5. The van der Waals surface area contributed by atoms with E-state index in [9.17, 15) is 4.79 Å². The lowest BCUT2D eigenvalue weighted by molar-refractivity contribution is -0.112. The first-order chi connectivity index (χ1) is 15.1. The van der Waals surface area contributed by atoms with Crippen LogP contribution in [0.5, 0.6) is 5.75 Å². The van der Waals surface area contributed by atoms with Crippen molar-refractivity contribution in [2.75, 3.05) is 17.7 Å². The van der Waals surface area contributed by atoms with E-state index < -0.39 is 0 Å². The molecule has 0 unspecified atom stereocenters. The number of nitrogens with one attached hydrogen (secondary N) is 2. The number of rotatable bonds is 6. The number of thiocarbonyl (C=S) groups is 1. The zero-order valence-corrected chi connectivity index (χ0v) is 17.8. The number of methoxy groups -OCH3 is 1. The number of anilines is 3. The van der Waals surface area contributed by atoms with Gasteiger partial charge in [0.1, 0.15) is 5.75 Å². The summed E-state index contributed by atoms with van der Waals surface area (Å²) in [5, 5.41) is 6.28. The zero-order valence-electron chi connectivity index (χ0n) is 17.0. The van der Waals surface area contributed by atoms with E-state index in [0.29, 0.717) is 22.5 Å². The lowest BCUT2D eigenvalue weighted by Gasteiger charge is -2.12. The summed E-state index contributed by atoms with van der Waals surface area (Å²) in [4.78, 5) is 17.6. The summed E-state index contributed by atoms with van der Waals surface area (Å²) in [5.41, 5.74) is 4.92. The molecular weight excluding hydrogens is 406 g/mol. The van der Waals surface area contributed by atoms with Crippen molar-refractivity contribution in [3.8, 4) is 16.9 Å². The fourth-order valence-electron chi connectivity index (χ4n) is 3.23. The third kappa shape index (κ3) is 5.05. The number of carbonyl (C=O) groups excluding carboxylic acids is 1. The van der Waals surface area contributed by atoms with E-state index in [2.05, 4.69) is 15.6 Å². The van der Waals surface area contributed by atoms with Gasteiger partial charge in [-0.3, -0.25) is 9.78 Å². The van der Waals surface area contributed by atoms with Crippen LogP contribution >= 0.6 is 12.2 Å². The predicted molar refractivity (Wildman–Crippen MR) is 129 cm³/mol. The van der Waals surface area contributed by atoms with Crippen LogP contribution < -0.4 is 15.4 Å². The number of aromatic nitrogens is 1. The zero-order chi connectivity index (χ0) is 21.6. The minimum Gasteiger partial charge on any atom is -0.497 e. The summed E-state index contributed by atoms with van der Waals surface area (Å²) in [5.74, 6) is 0.608. The second kappa shape index (κ2) is 9.36. The maximum absolute atomic E-state index is 12.6. The van der Waals surface area contributed by atoms with Gasteiger partial charge in [0.2, 0.25) is 0 Å². The summed E-state index contributed by atoms with van der Waals surface area (Å²) < 4.78 is 5.20. The van der Waals surface area contributed by atoms with Crippen molar-refractivity contribution in [1.82, 2.24) is 4.98 Å². The highest BCUT2D eigenvalue weighted by molar-refractivity contribution is 7.81. The van der Waals surface area contributed by atoms with Crippen molar-refractivity contribution >= 4 is 40.1 Å². The molecule has 154 valence electrons. The molecule has 0 spiro atoms. The van der Waals surface area contributed by atoms with E-state index in [1.165, 1.54) is 0 Å². The van der Waals surface area contributed by atoms with Gasteiger partial charge in [-0.1, -0.05) is 36.5 Å². The number of carbonyl (C=O) groups is 1. The minimum atomic E-state index is -0.195. The van der Waals surface area contributed by atoms with Crippen molar-refractivity contribution < 1.29 is 9.53 Å². The standard InChI is InChI=1S/C25H21N3O2S/c1-30-22-11-9-19(10-12-22)27-21-14-18(15-26-16-21)17-5-4-6-20(13-17)28-25(29)23-7-2-3-8-24(23)31/h2-7,9-16,27H,8H2,1H3,(H,28,29). The van der Waals surface area contributed by atoms with Crippen LogP contribution in [-0.4, -0.2) is 22.9 Å². The topological polar surface area (TPSA) is 63.2 Å². The summed E-state index contributed by atoms with van der Waals surface area (Å²) >= 11 is 5.30. The molecule has 1 aromatic heterocycles. The largest absolute Gasteiger partial charge is 0.497 e. The van der Waals surface area contributed by atoms with Crippen molar-refractivity contribution in [3.63, 3.8) is 0 Å². The van der Waals surface area contributed by atoms with Crippen molar-refractivity contribution in [2.45, 2.75) is 6.42 Å². The first-order valence-electron chi connectivity index (χ1n) is 9.80. The molecule has 0 atom stereocenters. The van der Waals surface area contributed by atoms with E-state index in [1.54, 1.807) is 25.6 Å². The summed E-state index contributed by atoms with van der Waals surface area (Å²) in [6, 6.07) is 17.4. The van der Waals surface area contributed by atoms with Crippen LogP contribution in [0.25, 0.3) is 11.1 Å². The Morgan fingerprint density at radius 3 is 2.58 bits per heavy atom. The average Bonchev–Trinajstić information content (AvgIpc) is 2.80. The van der Waals surface area contributed by atoms with E-state index in [0.717, 1.165) is 28.3 Å². The highest BCUT2D eigenvalue weighted by atomic mass is 32.1. The van der Waals surface area contributed by atoms with Crippen LogP contribution in [0.4, 0.5) is 17.1 Å². The third-order valence-electron chi connectivity index (χ3n) is 4.82. The number of allylic oxidation sites excluding steroid dienone is 3. The molecule has 6 heteroatoms. The van der Waals surface area contributed by atoms with E-state index in [1.807, 2.05) is 66.7 Å². The molecule has 0 bridgehead atoms. The molecule has 1 amide bonds. The van der Waals surface area contributed by atoms with Crippen LogP contribution in [0, 0.1) is 0 Å². The Kier molecular flexibility index (Phi) is 6.19. The molecule has 0 aliphatic heterocycles. The molecule has 3 aromatic rings. The monoisotopic (exact) mass is 427 g/mol. The maximum Gasteiger partial charge on any atom is 0.256 e. The lowest BCUT2D eigenvalue weighted by Crippen LogP contribution is -2.20. The van der Waals surface area contributed by atoms with E-state index >= 15 is 0 Å². The number of nitrogens with zero attached hydrogens (tertiary/aromatic N) is 1. The van der Waals surface area contributed by atoms with Crippen molar-refractivity contribution in [3.05, 3.63) is 90.8 Å². The van der Waals surface area contributed by atoms with Gasteiger partial charge in [-0.2, -0.15) is 0 Å².